The van der Waals surface area contributed by atoms with Crippen molar-refractivity contribution in [3.05, 3.63) is 47.3 Å². The molecule has 112 valence electrons. The Labute approximate surface area is 126 Å². The third-order valence-corrected chi connectivity index (χ3v) is 3.64. The molecular weight excluding hydrogens is 260 g/mol. The lowest BCUT2D eigenvalue weighted by molar-refractivity contribution is 0.700. The van der Waals surface area contributed by atoms with Crippen LogP contribution in [0.3, 0.4) is 0 Å². The second-order valence-electron chi connectivity index (χ2n) is 5.42. The van der Waals surface area contributed by atoms with Crippen LogP contribution in [-0.4, -0.2) is 16.0 Å². The van der Waals surface area contributed by atoms with E-state index in [-0.39, 0.29) is 0 Å². The van der Waals surface area contributed by atoms with Crippen molar-refractivity contribution in [1.82, 2.24) is 9.97 Å². The maximum Gasteiger partial charge on any atom is 0.134 e. The molecule has 0 aliphatic heterocycles. The van der Waals surface area contributed by atoms with E-state index in [0.717, 1.165) is 36.5 Å². The fourth-order valence-corrected chi connectivity index (χ4v) is 2.21. The van der Waals surface area contributed by atoms with Gasteiger partial charge in [-0.1, -0.05) is 37.3 Å². The molecule has 3 N–H and O–H groups in total. The first-order valence-corrected chi connectivity index (χ1v) is 7.53. The number of anilines is 2. The van der Waals surface area contributed by atoms with Crippen LogP contribution in [0.4, 0.5) is 11.6 Å². The van der Waals surface area contributed by atoms with Crippen molar-refractivity contribution in [3.8, 4) is 0 Å². The monoisotopic (exact) mass is 284 g/mol. The number of nitrogen functional groups attached to an aromatic ring is 1. The summed E-state index contributed by atoms with van der Waals surface area (Å²) in [4.78, 5) is 8.82. The van der Waals surface area contributed by atoms with Crippen LogP contribution in [-0.2, 0) is 12.8 Å². The molecular formula is C17H24N4. The summed E-state index contributed by atoms with van der Waals surface area (Å²) in [5.74, 6) is 2.22. The largest absolute Gasteiger partial charge is 0.383 e. The van der Waals surface area contributed by atoms with E-state index in [1.165, 1.54) is 5.56 Å². The quantitative estimate of drug-likeness (QED) is 0.853. The molecule has 0 amide bonds. The third kappa shape index (κ3) is 4.18. The first-order valence-electron chi connectivity index (χ1n) is 7.53. The van der Waals surface area contributed by atoms with Crippen molar-refractivity contribution in [1.29, 1.82) is 0 Å². The topological polar surface area (TPSA) is 63.8 Å². The lowest BCUT2D eigenvalue weighted by Crippen LogP contribution is -2.19. The summed E-state index contributed by atoms with van der Waals surface area (Å²) in [6.07, 6.45) is 2.89. The summed E-state index contributed by atoms with van der Waals surface area (Å²) < 4.78 is 0. The molecule has 2 aromatic rings. The van der Waals surface area contributed by atoms with Crippen LogP contribution in [0.25, 0.3) is 0 Å². The highest BCUT2D eigenvalue weighted by Crippen LogP contribution is 2.19. The van der Waals surface area contributed by atoms with E-state index in [0.29, 0.717) is 11.9 Å². The highest BCUT2D eigenvalue weighted by atomic mass is 15.1. The van der Waals surface area contributed by atoms with Crippen molar-refractivity contribution >= 4 is 11.6 Å². The molecule has 0 spiro atoms. The number of benzene rings is 1. The van der Waals surface area contributed by atoms with Crippen molar-refractivity contribution in [3.63, 3.8) is 0 Å². The second-order valence-corrected chi connectivity index (χ2v) is 5.42. The average Bonchev–Trinajstić information content (AvgIpc) is 2.50. The summed E-state index contributed by atoms with van der Waals surface area (Å²) in [6.45, 7) is 6.17. The molecule has 21 heavy (non-hydrogen) atoms. The van der Waals surface area contributed by atoms with Gasteiger partial charge in [0.15, 0.2) is 0 Å². The summed E-state index contributed by atoms with van der Waals surface area (Å²) in [7, 11) is 0. The van der Waals surface area contributed by atoms with Gasteiger partial charge < -0.3 is 11.1 Å². The molecule has 4 nitrogen and oxygen atoms in total. The zero-order chi connectivity index (χ0) is 15.2. The van der Waals surface area contributed by atoms with Crippen LogP contribution in [0, 0.1) is 6.92 Å². The number of aryl methyl sites for hydroxylation is 2. The lowest BCUT2D eigenvalue weighted by Gasteiger charge is -2.17. The average molecular weight is 284 g/mol. The Bertz CT molecular complexity index is 581. The van der Waals surface area contributed by atoms with Crippen LogP contribution >= 0.6 is 0 Å². The van der Waals surface area contributed by atoms with Gasteiger partial charge in [0.1, 0.15) is 17.5 Å². The summed E-state index contributed by atoms with van der Waals surface area (Å²) in [6, 6.07) is 10.9. The van der Waals surface area contributed by atoms with Gasteiger partial charge in [-0.2, -0.15) is 0 Å². The molecule has 0 fully saturated rings. The predicted molar refractivity (Wildman–Crippen MR) is 88.4 cm³/mol. The van der Waals surface area contributed by atoms with Gasteiger partial charge in [0.05, 0.1) is 0 Å². The van der Waals surface area contributed by atoms with Crippen LogP contribution < -0.4 is 11.1 Å². The molecule has 0 saturated carbocycles. The Morgan fingerprint density at radius 3 is 2.57 bits per heavy atom. The van der Waals surface area contributed by atoms with E-state index >= 15 is 0 Å². The van der Waals surface area contributed by atoms with Crippen molar-refractivity contribution in [2.75, 3.05) is 11.1 Å². The van der Waals surface area contributed by atoms with E-state index < -0.39 is 0 Å². The third-order valence-electron chi connectivity index (χ3n) is 3.64. The van der Waals surface area contributed by atoms with Crippen molar-refractivity contribution in [2.45, 2.75) is 46.1 Å². The molecule has 0 aliphatic carbocycles. The Morgan fingerprint density at radius 1 is 1.19 bits per heavy atom. The summed E-state index contributed by atoms with van der Waals surface area (Å²) >= 11 is 0. The fourth-order valence-electron chi connectivity index (χ4n) is 2.21. The number of hydrogen-bond acceptors (Lipinski definition) is 4. The first kappa shape index (κ1) is 15.3. The van der Waals surface area contributed by atoms with Crippen LogP contribution in [0.15, 0.2) is 30.3 Å². The number of hydrogen-bond donors (Lipinski definition) is 2. The summed E-state index contributed by atoms with van der Waals surface area (Å²) in [5.41, 5.74) is 8.24. The zero-order valence-corrected chi connectivity index (χ0v) is 13.1. The molecule has 0 saturated heterocycles. The maximum atomic E-state index is 5.95. The number of nitrogens with zero attached hydrogens (tertiary/aromatic N) is 2. The molecule has 1 heterocycles. The van der Waals surface area contributed by atoms with E-state index in [1.807, 2.05) is 19.9 Å². The molecule has 2 rings (SSSR count). The minimum Gasteiger partial charge on any atom is -0.383 e. The number of nitrogens with one attached hydrogen (secondary N) is 1. The van der Waals surface area contributed by atoms with Gasteiger partial charge in [-0.05, 0) is 32.3 Å². The van der Waals surface area contributed by atoms with Crippen molar-refractivity contribution in [2.24, 2.45) is 0 Å². The van der Waals surface area contributed by atoms with Crippen LogP contribution in [0.1, 0.15) is 37.2 Å². The molecule has 0 bridgehead atoms. The van der Waals surface area contributed by atoms with E-state index in [9.17, 15) is 0 Å². The van der Waals surface area contributed by atoms with Gasteiger partial charge in [0.2, 0.25) is 0 Å². The molecule has 1 aromatic carbocycles. The number of rotatable bonds is 6. The van der Waals surface area contributed by atoms with Gasteiger partial charge >= 0.3 is 0 Å². The normalized spacial score (nSPS) is 12.1. The predicted octanol–water partition coefficient (Wildman–Crippen LogP) is 3.36. The minimum absolute atomic E-state index is 0.336. The molecule has 1 aromatic heterocycles. The van der Waals surface area contributed by atoms with E-state index in [1.54, 1.807) is 0 Å². The highest BCUT2D eigenvalue weighted by Gasteiger charge is 2.10. The second kappa shape index (κ2) is 7.07. The standard InChI is InChI=1S/C17H24N4/c1-4-15-20-16(18)13(3)17(21-15)19-12(2)10-11-14-8-6-5-7-9-14/h5-9,12H,4,10-11H2,1-3H3,(H3,18,19,20,21). The molecule has 0 aliphatic rings. The van der Waals surface area contributed by atoms with Gasteiger partial charge in [-0.3, -0.25) is 0 Å². The van der Waals surface area contributed by atoms with Crippen LogP contribution in [0.2, 0.25) is 0 Å². The Morgan fingerprint density at radius 2 is 1.90 bits per heavy atom. The minimum atomic E-state index is 0.336. The fraction of sp³-hybridized carbons (Fsp3) is 0.412. The van der Waals surface area contributed by atoms with Crippen molar-refractivity contribution < 1.29 is 0 Å². The molecule has 1 atom stereocenters. The van der Waals surface area contributed by atoms with E-state index in [4.69, 9.17) is 5.73 Å². The Hall–Kier alpha value is -2.10. The number of nitrogens with two attached hydrogens (primary N) is 1. The zero-order valence-electron chi connectivity index (χ0n) is 13.1. The summed E-state index contributed by atoms with van der Waals surface area (Å²) in [5, 5.41) is 3.46. The first-order chi connectivity index (χ1) is 10.1. The van der Waals surface area contributed by atoms with Gasteiger partial charge in [-0.15, -0.1) is 0 Å². The SMILES string of the molecule is CCc1nc(N)c(C)c(NC(C)CCc2ccccc2)n1. The maximum absolute atomic E-state index is 5.95. The Balaban J connectivity index is 1.99. The van der Waals surface area contributed by atoms with Gasteiger partial charge in [-0.25, -0.2) is 9.97 Å². The van der Waals surface area contributed by atoms with E-state index in [2.05, 4.69) is 46.5 Å². The molecule has 1 unspecified atom stereocenters. The molecule has 4 heteroatoms. The number of aromatic nitrogens is 2. The molecule has 0 radical (unpaired) electrons. The smallest absolute Gasteiger partial charge is 0.134 e. The lowest BCUT2D eigenvalue weighted by atomic mass is 10.1. The van der Waals surface area contributed by atoms with Gasteiger partial charge in [0, 0.05) is 18.0 Å². The van der Waals surface area contributed by atoms with Crippen LogP contribution in [0.5, 0.6) is 0 Å². The highest BCUT2D eigenvalue weighted by molar-refractivity contribution is 5.55. The van der Waals surface area contributed by atoms with Gasteiger partial charge in [0.25, 0.3) is 0 Å². The Kier molecular flexibility index (Phi) is 5.14.